The quantitative estimate of drug-likeness (QED) is 0.480. The van der Waals surface area contributed by atoms with Gasteiger partial charge in [0.1, 0.15) is 5.65 Å². The Morgan fingerprint density at radius 3 is 2.59 bits per heavy atom. The summed E-state index contributed by atoms with van der Waals surface area (Å²) >= 11 is 0. The summed E-state index contributed by atoms with van der Waals surface area (Å²) in [5.41, 5.74) is 1.58. The SMILES string of the molecule is Cc1nn2c(=O)c(C(=O)NC3CC3)c(O)n(CC(C)C)c2c1/C=C/C(=O)N1CCC[C@@H]1c1ccccc1. The lowest BCUT2D eigenvalue weighted by atomic mass is 10.0. The molecule has 1 aliphatic carbocycles. The molecule has 1 saturated heterocycles. The van der Waals surface area contributed by atoms with Crippen LogP contribution in [0.1, 0.15) is 72.8 Å². The van der Waals surface area contributed by atoms with Gasteiger partial charge >= 0.3 is 0 Å². The third-order valence-electron chi connectivity index (χ3n) is 7.02. The van der Waals surface area contributed by atoms with Gasteiger partial charge in [0.25, 0.3) is 11.5 Å². The van der Waals surface area contributed by atoms with Crippen LogP contribution in [0.25, 0.3) is 11.7 Å². The second kappa shape index (κ2) is 9.88. The van der Waals surface area contributed by atoms with Crippen LogP contribution in [0.15, 0.2) is 41.2 Å². The summed E-state index contributed by atoms with van der Waals surface area (Å²) in [4.78, 5) is 41.3. The number of benzene rings is 1. The number of aromatic hydroxyl groups is 1. The minimum absolute atomic E-state index is 0.0269. The third-order valence-corrected chi connectivity index (χ3v) is 7.02. The van der Waals surface area contributed by atoms with E-state index in [0.29, 0.717) is 30.0 Å². The molecule has 2 amide bonds. The predicted molar refractivity (Wildman–Crippen MR) is 140 cm³/mol. The fraction of sp³-hybridized carbons (Fsp3) is 0.429. The molecule has 3 aromatic rings. The van der Waals surface area contributed by atoms with Gasteiger partial charge in [-0.15, -0.1) is 0 Å². The standard InChI is InChI=1S/C28H33N5O4/c1-17(2)16-32-26-21(13-14-23(34)31-15-7-10-22(31)19-8-5-4-6-9-19)18(3)30-33(26)28(37)24(27(32)36)25(35)29-20-11-12-20/h4-6,8-9,13-14,17,20,22,36H,7,10-12,15-16H2,1-3H3,(H,29,35)/b14-13+/t22-/m1/s1. The molecule has 1 atom stereocenters. The van der Waals surface area contributed by atoms with E-state index in [1.165, 1.54) is 10.6 Å². The summed E-state index contributed by atoms with van der Waals surface area (Å²) in [5, 5.41) is 18.3. The fourth-order valence-electron chi connectivity index (χ4n) is 5.08. The first-order chi connectivity index (χ1) is 17.8. The zero-order valence-electron chi connectivity index (χ0n) is 21.5. The lowest BCUT2D eigenvalue weighted by Crippen LogP contribution is -2.34. The Morgan fingerprint density at radius 2 is 1.92 bits per heavy atom. The number of nitrogens with zero attached hydrogens (tertiary/aromatic N) is 4. The van der Waals surface area contributed by atoms with Crippen LogP contribution in [0.3, 0.4) is 0 Å². The zero-order valence-corrected chi connectivity index (χ0v) is 21.5. The van der Waals surface area contributed by atoms with Crippen molar-refractivity contribution < 1.29 is 14.7 Å². The van der Waals surface area contributed by atoms with E-state index in [1.54, 1.807) is 17.6 Å². The Labute approximate surface area is 215 Å². The molecule has 194 valence electrons. The van der Waals surface area contributed by atoms with Crippen molar-refractivity contribution in [3.05, 3.63) is 69.1 Å². The van der Waals surface area contributed by atoms with Crippen LogP contribution >= 0.6 is 0 Å². The van der Waals surface area contributed by atoms with E-state index in [4.69, 9.17) is 0 Å². The summed E-state index contributed by atoms with van der Waals surface area (Å²) < 4.78 is 2.73. The van der Waals surface area contributed by atoms with E-state index in [0.717, 1.165) is 31.2 Å². The van der Waals surface area contributed by atoms with Crippen molar-refractivity contribution >= 4 is 23.5 Å². The summed E-state index contributed by atoms with van der Waals surface area (Å²) in [5.74, 6) is -0.978. The maximum absolute atomic E-state index is 13.3. The number of hydrogen-bond acceptors (Lipinski definition) is 5. The lowest BCUT2D eigenvalue weighted by molar-refractivity contribution is -0.126. The molecule has 1 aliphatic heterocycles. The number of likely N-dealkylation sites (tertiary alicyclic amines) is 1. The molecule has 3 heterocycles. The molecule has 0 bridgehead atoms. The van der Waals surface area contributed by atoms with E-state index in [1.807, 2.05) is 49.1 Å². The number of fused-ring (bicyclic) bond motifs is 1. The molecular formula is C28H33N5O4. The molecule has 37 heavy (non-hydrogen) atoms. The Kier molecular flexibility index (Phi) is 6.62. The van der Waals surface area contributed by atoms with Crippen LogP contribution in [0, 0.1) is 12.8 Å². The van der Waals surface area contributed by atoms with E-state index < -0.39 is 11.5 Å². The lowest BCUT2D eigenvalue weighted by Gasteiger charge is -2.23. The van der Waals surface area contributed by atoms with Crippen LogP contribution in [-0.4, -0.2) is 48.6 Å². The van der Waals surface area contributed by atoms with E-state index in [9.17, 15) is 19.5 Å². The number of rotatable bonds is 7. The molecule has 9 nitrogen and oxygen atoms in total. The molecule has 2 N–H and O–H groups in total. The van der Waals surface area contributed by atoms with Crippen LogP contribution in [-0.2, 0) is 11.3 Å². The number of aryl methyl sites for hydroxylation is 1. The van der Waals surface area contributed by atoms with E-state index >= 15 is 0 Å². The van der Waals surface area contributed by atoms with Gasteiger partial charge in [0.2, 0.25) is 11.8 Å². The Bertz CT molecular complexity index is 1430. The molecule has 2 aromatic heterocycles. The van der Waals surface area contributed by atoms with Gasteiger partial charge in [-0.25, -0.2) is 0 Å². The van der Waals surface area contributed by atoms with Gasteiger partial charge < -0.3 is 15.3 Å². The maximum Gasteiger partial charge on any atom is 0.291 e. The average molecular weight is 504 g/mol. The van der Waals surface area contributed by atoms with Crippen LogP contribution in [0.2, 0.25) is 0 Å². The van der Waals surface area contributed by atoms with Crippen molar-refractivity contribution in [2.45, 2.75) is 65.1 Å². The van der Waals surface area contributed by atoms with Crippen molar-refractivity contribution in [3.63, 3.8) is 0 Å². The highest BCUT2D eigenvalue weighted by molar-refractivity contribution is 5.97. The molecule has 0 unspecified atom stereocenters. The van der Waals surface area contributed by atoms with Gasteiger partial charge in [-0.3, -0.25) is 19.0 Å². The van der Waals surface area contributed by atoms with E-state index in [-0.39, 0.29) is 35.4 Å². The normalized spacial score (nSPS) is 17.8. The van der Waals surface area contributed by atoms with Gasteiger partial charge in [-0.1, -0.05) is 44.2 Å². The van der Waals surface area contributed by atoms with E-state index in [2.05, 4.69) is 10.4 Å². The number of amides is 2. The first-order valence-electron chi connectivity index (χ1n) is 13.0. The van der Waals surface area contributed by atoms with Crippen molar-refractivity contribution in [3.8, 4) is 5.88 Å². The van der Waals surface area contributed by atoms with Crippen molar-refractivity contribution in [2.24, 2.45) is 5.92 Å². The predicted octanol–water partition coefficient (Wildman–Crippen LogP) is 3.44. The molecule has 0 spiro atoms. The zero-order chi connectivity index (χ0) is 26.3. The molecule has 0 radical (unpaired) electrons. The summed E-state index contributed by atoms with van der Waals surface area (Å²) in [6.07, 6.45) is 6.75. The maximum atomic E-state index is 13.3. The second-order valence-corrected chi connectivity index (χ2v) is 10.4. The molecule has 2 fully saturated rings. The molecule has 5 rings (SSSR count). The van der Waals surface area contributed by atoms with Gasteiger partial charge in [0.05, 0.1) is 11.7 Å². The van der Waals surface area contributed by atoms with Gasteiger partial charge in [0, 0.05) is 30.8 Å². The molecular weight excluding hydrogens is 470 g/mol. The Hall–Kier alpha value is -3.88. The largest absolute Gasteiger partial charge is 0.494 e. The van der Waals surface area contributed by atoms with Gasteiger partial charge in [-0.2, -0.15) is 9.61 Å². The van der Waals surface area contributed by atoms with Crippen LogP contribution < -0.4 is 10.9 Å². The summed E-state index contributed by atoms with van der Waals surface area (Å²) in [6, 6.07) is 10.1. The van der Waals surface area contributed by atoms with Crippen LogP contribution in [0.5, 0.6) is 5.88 Å². The highest BCUT2D eigenvalue weighted by atomic mass is 16.3. The number of aromatic nitrogens is 3. The topological polar surface area (TPSA) is 109 Å². The highest BCUT2D eigenvalue weighted by Crippen LogP contribution is 2.32. The molecule has 1 aromatic carbocycles. The highest BCUT2D eigenvalue weighted by Gasteiger charge is 2.31. The second-order valence-electron chi connectivity index (χ2n) is 10.4. The minimum Gasteiger partial charge on any atom is -0.494 e. The number of carbonyl (C=O) groups is 2. The molecule has 2 aliphatic rings. The fourth-order valence-corrected chi connectivity index (χ4v) is 5.08. The molecule has 9 heteroatoms. The summed E-state index contributed by atoms with van der Waals surface area (Å²) in [7, 11) is 0. The number of carbonyl (C=O) groups excluding carboxylic acids is 2. The monoisotopic (exact) mass is 503 g/mol. The summed E-state index contributed by atoms with van der Waals surface area (Å²) in [6.45, 7) is 6.75. The van der Waals surface area contributed by atoms with Crippen molar-refractivity contribution in [2.75, 3.05) is 6.54 Å². The first kappa shape index (κ1) is 24.8. The number of nitrogens with one attached hydrogen (secondary N) is 1. The number of hydrogen-bond donors (Lipinski definition) is 2. The van der Waals surface area contributed by atoms with Crippen molar-refractivity contribution in [1.29, 1.82) is 0 Å². The first-order valence-corrected chi connectivity index (χ1v) is 13.0. The average Bonchev–Trinajstić information content (AvgIpc) is 3.42. The van der Waals surface area contributed by atoms with Gasteiger partial charge in [-0.05, 0) is 50.2 Å². The Balaban J connectivity index is 1.54. The molecule has 1 saturated carbocycles. The minimum atomic E-state index is -0.677. The Morgan fingerprint density at radius 1 is 1.19 bits per heavy atom. The smallest absolute Gasteiger partial charge is 0.291 e. The van der Waals surface area contributed by atoms with Crippen molar-refractivity contribution in [1.82, 2.24) is 24.4 Å². The third kappa shape index (κ3) is 4.77. The van der Waals surface area contributed by atoms with Crippen LogP contribution in [0.4, 0.5) is 0 Å². The van der Waals surface area contributed by atoms with Gasteiger partial charge in [0.15, 0.2) is 5.56 Å².